The highest BCUT2D eigenvalue weighted by Crippen LogP contribution is 2.52. The fourth-order valence-corrected chi connectivity index (χ4v) is 3.74. The summed E-state index contributed by atoms with van der Waals surface area (Å²) in [5.74, 6) is 2.30. The van der Waals surface area contributed by atoms with Crippen molar-refractivity contribution in [3.8, 4) is 0 Å². The summed E-state index contributed by atoms with van der Waals surface area (Å²) in [5, 5.41) is 11.8. The maximum absolute atomic E-state index is 10.4. The largest absolute Gasteiger partial charge is 0.507 e. The smallest absolute Gasteiger partial charge is 0.450 e. The molecule has 0 spiro atoms. The molecule has 0 amide bonds. The molecular formula is C10H15NO3. The predicted molar refractivity (Wildman–Crippen MR) is 48.8 cm³/mol. The molecule has 1 heterocycles. The first kappa shape index (κ1) is 8.53. The lowest BCUT2D eigenvalue weighted by Crippen LogP contribution is -2.37. The first-order valence-electron chi connectivity index (χ1n) is 5.39. The number of carbonyl (C=O) groups is 1. The van der Waals surface area contributed by atoms with Gasteiger partial charge < -0.3 is 9.84 Å². The highest BCUT2D eigenvalue weighted by molar-refractivity contribution is 5.57. The lowest BCUT2D eigenvalue weighted by atomic mass is 9.85. The van der Waals surface area contributed by atoms with E-state index in [1.165, 1.54) is 19.3 Å². The molecule has 0 radical (unpaired) electrons. The molecule has 2 saturated carbocycles. The Morgan fingerprint density at radius 1 is 1.29 bits per heavy atom. The summed E-state index contributed by atoms with van der Waals surface area (Å²) in [6.07, 6.45) is 3.49. The molecule has 2 aliphatic carbocycles. The average Bonchev–Trinajstić information content (AvgIpc) is 2.69. The fourth-order valence-electron chi connectivity index (χ4n) is 3.74. The molecular weight excluding hydrogens is 182 g/mol. The van der Waals surface area contributed by atoms with Crippen LogP contribution in [-0.4, -0.2) is 23.5 Å². The third kappa shape index (κ3) is 1.13. The maximum Gasteiger partial charge on any atom is 0.507 e. The highest BCUT2D eigenvalue weighted by Gasteiger charge is 2.52. The molecule has 3 aliphatic rings. The fraction of sp³-hybridized carbons (Fsp3) is 0.900. The average molecular weight is 197 g/mol. The third-order valence-electron chi connectivity index (χ3n) is 4.20. The van der Waals surface area contributed by atoms with Crippen LogP contribution in [0, 0.1) is 17.8 Å². The van der Waals surface area contributed by atoms with Gasteiger partial charge in [-0.05, 0) is 37.0 Å². The zero-order chi connectivity index (χ0) is 9.71. The lowest BCUT2D eigenvalue weighted by Gasteiger charge is -2.23. The first-order valence-corrected chi connectivity index (χ1v) is 5.39. The van der Waals surface area contributed by atoms with Gasteiger partial charge >= 0.3 is 6.16 Å². The number of hydrogen-bond acceptors (Lipinski definition) is 3. The zero-order valence-corrected chi connectivity index (χ0v) is 7.98. The van der Waals surface area contributed by atoms with Gasteiger partial charge in [0.2, 0.25) is 0 Å². The van der Waals surface area contributed by atoms with Gasteiger partial charge in [-0.15, -0.1) is 0 Å². The second-order valence-corrected chi connectivity index (χ2v) is 4.80. The summed E-state index contributed by atoms with van der Waals surface area (Å²) in [6.45, 7) is 0. The van der Waals surface area contributed by atoms with E-state index in [0.717, 1.165) is 18.3 Å². The predicted octanol–water partition coefficient (Wildman–Crippen LogP) is 1.42. The van der Waals surface area contributed by atoms with Crippen molar-refractivity contribution < 1.29 is 14.6 Å². The molecule has 78 valence electrons. The summed E-state index contributed by atoms with van der Waals surface area (Å²) in [6, 6.07) is 0.540. The van der Waals surface area contributed by atoms with Gasteiger partial charge in [-0.3, -0.25) is 5.32 Å². The monoisotopic (exact) mass is 197 g/mol. The minimum atomic E-state index is -1.16. The van der Waals surface area contributed by atoms with E-state index < -0.39 is 6.16 Å². The summed E-state index contributed by atoms with van der Waals surface area (Å²) in [4.78, 5) is 10.4. The van der Waals surface area contributed by atoms with E-state index in [-0.39, 0.29) is 6.23 Å². The molecule has 0 aromatic heterocycles. The highest BCUT2D eigenvalue weighted by atomic mass is 16.7. The lowest BCUT2D eigenvalue weighted by molar-refractivity contribution is 0.0406. The Morgan fingerprint density at radius 3 is 2.79 bits per heavy atom. The van der Waals surface area contributed by atoms with Crippen molar-refractivity contribution in [2.75, 3.05) is 0 Å². The minimum absolute atomic E-state index is 0.245. The van der Waals surface area contributed by atoms with Crippen LogP contribution < -0.4 is 5.32 Å². The van der Waals surface area contributed by atoms with Crippen molar-refractivity contribution in [1.82, 2.24) is 5.32 Å². The zero-order valence-electron chi connectivity index (χ0n) is 7.98. The van der Waals surface area contributed by atoms with Crippen LogP contribution in [-0.2, 0) is 4.74 Å². The van der Waals surface area contributed by atoms with Crippen LogP contribution in [0.2, 0.25) is 0 Å². The molecule has 5 atom stereocenters. The van der Waals surface area contributed by atoms with Gasteiger partial charge in [-0.1, -0.05) is 0 Å². The van der Waals surface area contributed by atoms with Gasteiger partial charge in [-0.25, -0.2) is 4.79 Å². The van der Waals surface area contributed by atoms with Gasteiger partial charge in [0, 0.05) is 12.5 Å². The van der Waals surface area contributed by atoms with Crippen LogP contribution in [0.5, 0.6) is 0 Å². The van der Waals surface area contributed by atoms with Crippen molar-refractivity contribution in [2.45, 2.75) is 38.0 Å². The van der Waals surface area contributed by atoms with E-state index in [9.17, 15) is 4.79 Å². The van der Waals surface area contributed by atoms with Crippen molar-refractivity contribution in [1.29, 1.82) is 0 Å². The Kier molecular flexibility index (Phi) is 1.74. The number of rotatable bonds is 1. The van der Waals surface area contributed by atoms with Crippen LogP contribution in [0.25, 0.3) is 0 Å². The first-order chi connectivity index (χ1) is 6.74. The van der Waals surface area contributed by atoms with Gasteiger partial charge in [0.15, 0.2) is 6.23 Å². The Bertz CT molecular complexity index is 250. The molecule has 0 aromatic carbocycles. The van der Waals surface area contributed by atoms with E-state index in [4.69, 9.17) is 9.84 Å². The summed E-state index contributed by atoms with van der Waals surface area (Å²) >= 11 is 0. The number of hydrogen-bond donors (Lipinski definition) is 2. The Labute approximate surface area is 82.6 Å². The van der Waals surface area contributed by atoms with Gasteiger partial charge in [0.05, 0.1) is 0 Å². The summed E-state index contributed by atoms with van der Waals surface area (Å²) < 4.78 is 4.78. The van der Waals surface area contributed by atoms with Crippen molar-refractivity contribution >= 4 is 6.16 Å². The number of nitrogens with one attached hydrogen (secondary N) is 1. The topological polar surface area (TPSA) is 58.6 Å². The molecule has 1 saturated heterocycles. The SMILES string of the molecule is O=C(O)O[C@@H]1C[C@H]2[C@@H]3CCC(C3)[C@H]2N1. The third-order valence-corrected chi connectivity index (χ3v) is 4.20. The molecule has 1 aliphatic heterocycles. The molecule has 2 N–H and O–H groups in total. The number of fused-ring (bicyclic) bond motifs is 5. The maximum atomic E-state index is 10.4. The van der Waals surface area contributed by atoms with Gasteiger partial charge in [0.25, 0.3) is 0 Å². The summed E-state index contributed by atoms with van der Waals surface area (Å²) in [5.41, 5.74) is 0. The van der Waals surface area contributed by atoms with Crippen LogP contribution >= 0.6 is 0 Å². The second-order valence-electron chi connectivity index (χ2n) is 4.80. The van der Waals surface area contributed by atoms with Crippen molar-refractivity contribution in [2.24, 2.45) is 17.8 Å². The molecule has 0 aromatic rings. The van der Waals surface area contributed by atoms with Crippen molar-refractivity contribution in [3.05, 3.63) is 0 Å². The van der Waals surface area contributed by atoms with Crippen LogP contribution in [0.15, 0.2) is 0 Å². The summed E-state index contributed by atoms with van der Waals surface area (Å²) in [7, 11) is 0. The molecule has 1 unspecified atom stereocenters. The van der Waals surface area contributed by atoms with E-state index in [2.05, 4.69) is 5.32 Å². The number of ether oxygens (including phenoxy) is 1. The number of carboxylic acid groups (broad SMARTS) is 1. The van der Waals surface area contributed by atoms with Crippen molar-refractivity contribution in [3.63, 3.8) is 0 Å². The molecule has 2 bridgehead atoms. The minimum Gasteiger partial charge on any atom is -0.450 e. The Morgan fingerprint density at radius 2 is 2.07 bits per heavy atom. The van der Waals surface area contributed by atoms with Crippen LogP contribution in [0.3, 0.4) is 0 Å². The van der Waals surface area contributed by atoms with E-state index in [1.807, 2.05) is 0 Å². The van der Waals surface area contributed by atoms with E-state index in [1.54, 1.807) is 0 Å². The van der Waals surface area contributed by atoms with Gasteiger partial charge in [0.1, 0.15) is 0 Å². The molecule has 4 heteroatoms. The van der Waals surface area contributed by atoms with Gasteiger partial charge in [-0.2, -0.15) is 0 Å². The van der Waals surface area contributed by atoms with Crippen LogP contribution in [0.1, 0.15) is 25.7 Å². The second kappa shape index (κ2) is 2.86. The molecule has 3 rings (SSSR count). The van der Waals surface area contributed by atoms with E-state index in [0.29, 0.717) is 12.0 Å². The quantitative estimate of drug-likeness (QED) is 0.624. The van der Waals surface area contributed by atoms with E-state index >= 15 is 0 Å². The molecule has 14 heavy (non-hydrogen) atoms. The molecule has 4 nitrogen and oxygen atoms in total. The standard InChI is InChI=1S/C10H15NO3/c12-10(13)14-8-4-7-5-1-2-6(3-5)9(7)11-8/h5-9,11H,1-4H2,(H,12,13)/t5-,6?,7+,8-,9-/m1/s1. The van der Waals surface area contributed by atoms with Crippen LogP contribution in [0.4, 0.5) is 4.79 Å². The Balaban J connectivity index is 1.68. The Hall–Kier alpha value is -0.770. The molecule has 3 fully saturated rings. The normalized spacial score (nSPS) is 49.3.